The molecule has 0 saturated carbocycles. The van der Waals surface area contributed by atoms with Gasteiger partial charge in [-0.1, -0.05) is 17.7 Å². The number of hydrogen-bond donors (Lipinski definition) is 2. The third-order valence-electron chi connectivity index (χ3n) is 3.21. The quantitative estimate of drug-likeness (QED) is 0.886. The van der Waals surface area contributed by atoms with Gasteiger partial charge in [-0.15, -0.1) is 12.4 Å². The van der Waals surface area contributed by atoms with Crippen molar-refractivity contribution in [2.45, 2.75) is 31.4 Å². The molecule has 0 aromatic heterocycles. The predicted octanol–water partition coefficient (Wildman–Crippen LogP) is 3.08. The molecule has 2 atom stereocenters. The lowest BCUT2D eigenvalue weighted by Gasteiger charge is -2.18. The molecule has 0 radical (unpaired) electrons. The fraction of sp³-hybridized carbons (Fsp3) is 0.462. The summed E-state index contributed by atoms with van der Waals surface area (Å²) in [6, 6.07) is 2.41. The van der Waals surface area contributed by atoms with Gasteiger partial charge >= 0.3 is 0 Å². The van der Waals surface area contributed by atoms with Gasteiger partial charge in [0.15, 0.2) is 0 Å². The van der Waals surface area contributed by atoms with Crippen LogP contribution in [0, 0.1) is 5.82 Å². The molecular weight excluding hydrogens is 328 g/mol. The predicted molar refractivity (Wildman–Crippen MR) is 76.6 cm³/mol. The molecule has 0 bridgehead atoms. The van der Waals surface area contributed by atoms with Crippen LogP contribution in [0.4, 0.5) is 13.2 Å². The Labute approximate surface area is 131 Å². The van der Waals surface area contributed by atoms with E-state index in [0.717, 1.165) is 6.07 Å². The average Bonchev–Trinajstić information content (AvgIpc) is 2.69. The minimum absolute atomic E-state index is 0. The van der Waals surface area contributed by atoms with Gasteiger partial charge in [0.1, 0.15) is 5.82 Å². The molecule has 1 aliphatic heterocycles. The lowest BCUT2D eigenvalue weighted by molar-refractivity contribution is -0.124. The van der Waals surface area contributed by atoms with Crippen LogP contribution in [-0.4, -0.2) is 24.4 Å². The van der Waals surface area contributed by atoms with Gasteiger partial charge in [-0.05, 0) is 24.6 Å². The molecule has 2 N–H and O–H groups in total. The number of rotatable bonds is 3. The van der Waals surface area contributed by atoms with Gasteiger partial charge in [0, 0.05) is 11.4 Å². The maximum atomic E-state index is 13.0. The third-order valence-corrected chi connectivity index (χ3v) is 3.54. The van der Waals surface area contributed by atoms with Crippen LogP contribution < -0.4 is 10.6 Å². The maximum absolute atomic E-state index is 13.0. The number of nitrogens with one attached hydrogen (secondary N) is 2. The molecule has 1 heterocycles. The maximum Gasteiger partial charge on any atom is 0.262 e. The standard InChI is InChI=1S/C13H14ClF3N2O.ClH/c1-7(9-3-2-8(15)4-10(9)14)19-12(20)11-5-13(16,17)6-18-11;/h2-4,7,11,18H,5-6H2,1H3,(H,19,20);1H. The highest BCUT2D eigenvalue weighted by Gasteiger charge is 2.42. The molecule has 1 amide bonds. The van der Waals surface area contributed by atoms with Crippen molar-refractivity contribution in [2.75, 3.05) is 6.54 Å². The van der Waals surface area contributed by atoms with Gasteiger partial charge in [0.2, 0.25) is 5.91 Å². The van der Waals surface area contributed by atoms with E-state index in [4.69, 9.17) is 11.6 Å². The highest BCUT2D eigenvalue weighted by molar-refractivity contribution is 6.31. The number of benzene rings is 1. The van der Waals surface area contributed by atoms with Gasteiger partial charge in [-0.2, -0.15) is 0 Å². The van der Waals surface area contributed by atoms with Crippen molar-refractivity contribution < 1.29 is 18.0 Å². The van der Waals surface area contributed by atoms with E-state index in [9.17, 15) is 18.0 Å². The van der Waals surface area contributed by atoms with Crippen molar-refractivity contribution in [3.8, 4) is 0 Å². The van der Waals surface area contributed by atoms with Crippen LogP contribution in [0.5, 0.6) is 0 Å². The van der Waals surface area contributed by atoms with E-state index in [1.54, 1.807) is 6.92 Å². The monoisotopic (exact) mass is 342 g/mol. The molecule has 1 aromatic rings. The second-order valence-electron chi connectivity index (χ2n) is 4.89. The second kappa shape index (κ2) is 6.85. The molecule has 118 valence electrons. The molecule has 2 unspecified atom stereocenters. The van der Waals surface area contributed by atoms with Crippen LogP contribution in [0.2, 0.25) is 5.02 Å². The lowest BCUT2D eigenvalue weighted by Crippen LogP contribution is -2.41. The average molecular weight is 343 g/mol. The smallest absolute Gasteiger partial charge is 0.262 e. The Balaban J connectivity index is 0.00000220. The van der Waals surface area contributed by atoms with Crippen molar-refractivity contribution >= 4 is 29.9 Å². The Morgan fingerprint density at radius 3 is 2.71 bits per heavy atom. The summed E-state index contributed by atoms with van der Waals surface area (Å²) in [5.41, 5.74) is 0.533. The highest BCUT2D eigenvalue weighted by Crippen LogP contribution is 2.27. The third kappa shape index (κ3) is 4.49. The van der Waals surface area contributed by atoms with Gasteiger partial charge in [0.05, 0.1) is 18.6 Å². The molecule has 0 spiro atoms. The summed E-state index contributed by atoms with van der Waals surface area (Å²) < 4.78 is 39.0. The minimum atomic E-state index is -2.86. The fourth-order valence-corrected chi connectivity index (χ4v) is 2.48. The number of carbonyl (C=O) groups excluding carboxylic acids is 1. The first kappa shape index (κ1) is 18.1. The summed E-state index contributed by atoms with van der Waals surface area (Å²) in [5.74, 6) is -3.86. The molecule has 1 aliphatic rings. The first-order valence-corrected chi connectivity index (χ1v) is 6.53. The van der Waals surface area contributed by atoms with E-state index < -0.39 is 42.7 Å². The Bertz CT molecular complexity index is 528. The fourth-order valence-electron chi connectivity index (χ4n) is 2.15. The summed E-state index contributed by atoms with van der Waals surface area (Å²) in [7, 11) is 0. The number of amides is 1. The van der Waals surface area contributed by atoms with Gasteiger partial charge in [-0.3, -0.25) is 10.1 Å². The van der Waals surface area contributed by atoms with E-state index in [1.165, 1.54) is 12.1 Å². The summed E-state index contributed by atoms with van der Waals surface area (Å²) in [4.78, 5) is 11.9. The normalized spacial score (nSPS) is 21.5. The van der Waals surface area contributed by atoms with Crippen molar-refractivity contribution in [3.05, 3.63) is 34.6 Å². The Hall–Kier alpha value is -0.980. The molecule has 1 saturated heterocycles. The van der Waals surface area contributed by atoms with E-state index in [0.29, 0.717) is 5.56 Å². The zero-order valence-electron chi connectivity index (χ0n) is 11.1. The molecule has 8 heteroatoms. The molecule has 0 aliphatic carbocycles. The molecule has 2 rings (SSSR count). The Morgan fingerprint density at radius 2 is 2.19 bits per heavy atom. The molecule has 3 nitrogen and oxygen atoms in total. The Morgan fingerprint density at radius 1 is 1.52 bits per heavy atom. The van der Waals surface area contributed by atoms with Crippen LogP contribution >= 0.6 is 24.0 Å². The summed E-state index contributed by atoms with van der Waals surface area (Å²) in [6.07, 6.45) is -0.525. The largest absolute Gasteiger partial charge is 0.348 e. The van der Waals surface area contributed by atoms with Gasteiger partial charge < -0.3 is 5.32 Å². The van der Waals surface area contributed by atoms with E-state index >= 15 is 0 Å². The van der Waals surface area contributed by atoms with Crippen LogP contribution in [0.3, 0.4) is 0 Å². The molecule has 1 aromatic carbocycles. The summed E-state index contributed by atoms with van der Waals surface area (Å²) in [6.45, 7) is 1.15. The number of halogens is 5. The summed E-state index contributed by atoms with van der Waals surface area (Å²) in [5, 5.41) is 5.25. The van der Waals surface area contributed by atoms with Crippen molar-refractivity contribution in [2.24, 2.45) is 0 Å². The number of alkyl halides is 2. The van der Waals surface area contributed by atoms with Gasteiger partial charge in [-0.25, -0.2) is 13.2 Å². The van der Waals surface area contributed by atoms with Crippen LogP contribution in [0.25, 0.3) is 0 Å². The van der Waals surface area contributed by atoms with Gasteiger partial charge in [0.25, 0.3) is 5.92 Å². The first-order valence-electron chi connectivity index (χ1n) is 6.15. The van der Waals surface area contributed by atoms with E-state index in [-0.39, 0.29) is 17.4 Å². The topological polar surface area (TPSA) is 41.1 Å². The second-order valence-corrected chi connectivity index (χ2v) is 5.30. The van der Waals surface area contributed by atoms with Crippen molar-refractivity contribution in [1.82, 2.24) is 10.6 Å². The zero-order valence-corrected chi connectivity index (χ0v) is 12.7. The molecule has 21 heavy (non-hydrogen) atoms. The highest BCUT2D eigenvalue weighted by atomic mass is 35.5. The zero-order chi connectivity index (χ0) is 14.9. The van der Waals surface area contributed by atoms with Crippen molar-refractivity contribution in [1.29, 1.82) is 0 Å². The number of carbonyl (C=O) groups is 1. The molecule has 1 fully saturated rings. The minimum Gasteiger partial charge on any atom is -0.348 e. The van der Waals surface area contributed by atoms with Crippen LogP contribution in [0.1, 0.15) is 24.9 Å². The van der Waals surface area contributed by atoms with E-state index in [2.05, 4.69) is 10.6 Å². The van der Waals surface area contributed by atoms with Crippen molar-refractivity contribution in [3.63, 3.8) is 0 Å². The van der Waals surface area contributed by atoms with Crippen LogP contribution in [-0.2, 0) is 4.79 Å². The molecular formula is C13H15Cl2F3N2O. The summed E-state index contributed by atoms with van der Waals surface area (Å²) >= 11 is 5.89. The number of hydrogen-bond acceptors (Lipinski definition) is 2. The van der Waals surface area contributed by atoms with Crippen LogP contribution in [0.15, 0.2) is 18.2 Å². The SMILES string of the molecule is CC(NC(=O)C1CC(F)(F)CN1)c1ccc(F)cc1Cl.Cl. The lowest BCUT2D eigenvalue weighted by atomic mass is 10.1. The van der Waals surface area contributed by atoms with E-state index in [1.807, 2.05) is 0 Å². The first-order chi connectivity index (χ1) is 9.28. The Kier molecular flexibility index (Phi) is 5.90.